The molecule has 1 aromatic carbocycles. The summed E-state index contributed by atoms with van der Waals surface area (Å²) in [5.74, 6) is -3.17. The van der Waals surface area contributed by atoms with Crippen molar-refractivity contribution in [2.75, 3.05) is 6.54 Å². The topological polar surface area (TPSA) is 99.9 Å². The van der Waals surface area contributed by atoms with Crippen molar-refractivity contribution in [2.45, 2.75) is 23.4 Å². The predicted molar refractivity (Wildman–Crippen MR) is 88.8 cm³/mol. The van der Waals surface area contributed by atoms with Gasteiger partial charge >= 0.3 is 6.18 Å². The number of halogens is 4. The number of nitrogens with zero attached hydrogens (tertiary/aromatic N) is 2. The predicted octanol–water partition coefficient (Wildman–Crippen LogP) is 2.78. The molecule has 11 heteroatoms. The largest absolute Gasteiger partial charge is 0.417 e. The fourth-order valence-electron chi connectivity index (χ4n) is 2.24. The zero-order valence-corrected chi connectivity index (χ0v) is 14.9. The number of benzene rings is 1. The molecule has 0 unspecified atom stereocenters. The van der Waals surface area contributed by atoms with Gasteiger partial charge in [-0.15, -0.1) is 0 Å². The molecule has 148 valence electrons. The molecule has 1 N–H and O–H groups in total. The second kappa shape index (κ2) is 8.45. The molecule has 0 aliphatic carbocycles. The van der Waals surface area contributed by atoms with Crippen molar-refractivity contribution in [3.8, 4) is 6.07 Å². The van der Waals surface area contributed by atoms with E-state index >= 15 is 0 Å². The van der Waals surface area contributed by atoms with E-state index in [0.717, 1.165) is 18.2 Å². The average molecular weight is 415 g/mol. The Morgan fingerprint density at radius 3 is 2.43 bits per heavy atom. The van der Waals surface area contributed by atoms with Gasteiger partial charge in [-0.1, -0.05) is 12.1 Å². The summed E-state index contributed by atoms with van der Waals surface area (Å²) in [5, 5.41) is 9.13. The summed E-state index contributed by atoms with van der Waals surface area (Å²) in [5.41, 5.74) is -1.21. The van der Waals surface area contributed by atoms with Crippen LogP contribution in [-0.4, -0.2) is 25.7 Å². The molecule has 0 amide bonds. The second-order valence-electron chi connectivity index (χ2n) is 5.58. The van der Waals surface area contributed by atoms with Crippen LogP contribution in [0.15, 0.2) is 47.5 Å². The second-order valence-corrected chi connectivity index (χ2v) is 7.31. The number of sulfonamides is 1. The zero-order chi connectivity index (χ0) is 20.9. The molecule has 6 nitrogen and oxygen atoms in total. The van der Waals surface area contributed by atoms with Crippen molar-refractivity contribution >= 4 is 15.8 Å². The van der Waals surface area contributed by atoms with Crippen LogP contribution in [0.3, 0.4) is 0 Å². The Balaban J connectivity index is 2.03. The highest BCUT2D eigenvalue weighted by atomic mass is 32.2. The van der Waals surface area contributed by atoms with Crippen molar-refractivity contribution in [3.63, 3.8) is 0 Å². The molecule has 0 spiro atoms. The van der Waals surface area contributed by atoms with Gasteiger partial charge in [-0.05, 0) is 24.3 Å². The Labute approximate surface area is 157 Å². The summed E-state index contributed by atoms with van der Waals surface area (Å²) in [6, 6.07) is 7.89. The molecule has 1 atom stereocenters. The van der Waals surface area contributed by atoms with Gasteiger partial charge in [-0.25, -0.2) is 17.5 Å². The number of ketones is 1. The van der Waals surface area contributed by atoms with Gasteiger partial charge in [0.2, 0.25) is 10.0 Å². The van der Waals surface area contributed by atoms with Crippen LogP contribution >= 0.6 is 0 Å². The van der Waals surface area contributed by atoms with E-state index in [2.05, 4.69) is 4.98 Å². The minimum absolute atomic E-state index is 0.183. The summed E-state index contributed by atoms with van der Waals surface area (Å²) in [7, 11) is -4.21. The average Bonchev–Trinajstić information content (AvgIpc) is 2.62. The first-order valence-electron chi connectivity index (χ1n) is 7.76. The highest BCUT2D eigenvalue weighted by Gasteiger charge is 2.31. The van der Waals surface area contributed by atoms with E-state index in [-0.39, 0.29) is 5.69 Å². The van der Waals surface area contributed by atoms with Gasteiger partial charge in [0.1, 0.15) is 16.6 Å². The molecule has 0 saturated carbocycles. The molecule has 0 fully saturated rings. The van der Waals surface area contributed by atoms with Gasteiger partial charge < -0.3 is 0 Å². The summed E-state index contributed by atoms with van der Waals surface area (Å²) >= 11 is 0. The number of Topliss-reactive ketones (excluding diaryl/α,β-unsaturated/α-hetero) is 1. The molecule has 1 heterocycles. The van der Waals surface area contributed by atoms with Crippen molar-refractivity contribution in [1.29, 1.82) is 5.26 Å². The van der Waals surface area contributed by atoms with Gasteiger partial charge in [0, 0.05) is 19.2 Å². The van der Waals surface area contributed by atoms with Crippen LogP contribution in [-0.2, 0) is 21.0 Å². The minimum atomic E-state index is -4.61. The van der Waals surface area contributed by atoms with E-state index in [1.54, 1.807) is 6.07 Å². The lowest BCUT2D eigenvalue weighted by molar-refractivity contribution is -0.137. The van der Waals surface area contributed by atoms with Crippen molar-refractivity contribution in [2.24, 2.45) is 0 Å². The first-order valence-corrected chi connectivity index (χ1v) is 9.24. The Kier molecular flexibility index (Phi) is 6.48. The molecule has 2 rings (SSSR count). The van der Waals surface area contributed by atoms with Crippen molar-refractivity contribution < 1.29 is 30.8 Å². The third-order valence-electron chi connectivity index (χ3n) is 3.65. The van der Waals surface area contributed by atoms with Crippen LogP contribution in [0.4, 0.5) is 17.6 Å². The Morgan fingerprint density at radius 2 is 1.89 bits per heavy atom. The highest BCUT2D eigenvalue weighted by molar-refractivity contribution is 7.89. The van der Waals surface area contributed by atoms with Gasteiger partial charge in [-0.3, -0.25) is 9.78 Å². The molecule has 0 aliphatic rings. The van der Waals surface area contributed by atoms with Gasteiger partial charge in [0.05, 0.1) is 17.3 Å². The number of alkyl halides is 3. The number of hydrogen-bond donors (Lipinski definition) is 1. The first-order chi connectivity index (χ1) is 13.1. The molecule has 28 heavy (non-hydrogen) atoms. The molecular weight excluding hydrogens is 402 g/mol. The lowest BCUT2D eigenvalue weighted by atomic mass is 9.98. The summed E-state index contributed by atoms with van der Waals surface area (Å²) in [4.78, 5) is 15.1. The van der Waals surface area contributed by atoms with E-state index in [9.17, 15) is 30.8 Å². The van der Waals surface area contributed by atoms with Crippen LogP contribution in [0.5, 0.6) is 0 Å². The number of aromatic nitrogens is 1. The van der Waals surface area contributed by atoms with E-state index < -0.39 is 57.1 Å². The summed E-state index contributed by atoms with van der Waals surface area (Å²) in [6.07, 6.45) is -4.54. The normalized spacial score (nSPS) is 13.0. The van der Waals surface area contributed by atoms with Crippen LogP contribution < -0.4 is 4.72 Å². The molecule has 0 bridgehead atoms. The van der Waals surface area contributed by atoms with E-state index in [0.29, 0.717) is 12.3 Å². The lowest BCUT2D eigenvalue weighted by Crippen LogP contribution is -2.28. The molecule has 2 aromatic rings. The van der Waals surface area contributed by atoms with E-state index in [1.807, 2.05) is 4.72 Å². The fraction of sp³-hybridized carbons (Fsp3) is 0.235. The minimum Gasteiger partial charge on any atom is -0.298 e. The lowest BCUT2D eigenvalue weighted by Gasteiger charge is -2.11. The number of carbonyl (C=O) groups is 1. The van der Waals surface area contributed by atoms with Crippen molar-refractivity contribution in [3.05, 3.63) is 59.7 Å². The number of pyridine rings is 1. The number of nitriles is 1. The Morgan fingerprint density at radius 1 is 1.21 bits per heavy atom. The third-order valence-corrected chi connectivity index (χ3v) is 5.14. The van der Waals surface area contributed by atoms with Crippen LogP contribution in [0.2, 0.25) is 0 Å². The number of nitrogens with one attached hydrogen (secondary N) is 1. The quantitative estimate of drug-likeness (QED) is 0.701. The van der Waals surface area contributed by atoms with Crippen LogP contribution in [0.1, 0.15) is 23.6 Å². The standard InChI is InChI=1S/C17H13F4N3O3S/c18-13-3-1-2-4-16(13)28(26,27)24-8-7-15(25)12(9-22)14-6-5-11(10-23-14)17(19,20)21/h1-6,10,12,24H,7-8H2/t12-/m1/s1. The maximum absolute atomic E-state index is 13.6. The Bertz CT molecular complexity index is 1000. The SMILES string of the molecule is N#C[C@@H](C(=O)CCNS(=O)(=O)c1ccccc1F)c1ccc(C(F)(F)F)cn1. The molecule has 0 saturated heterocycles. The van der Waals surface area contributed by atoms with Gasteiger partial charge in [0.15, 0.2) is 5.78 Å². The maximum atomic E-state index is 13.6. The van der Waals surface area contributed by atoms with Crippen LogP contribution in [0.25, 0.3) is 0 Å². The number of hydrogen-bond acceptors (Lipinski definition) is 5. The maximum Gasteiger partial charge on any atom is 0.417 e. The summed E-state index contributed by atoms with van der Waals surface area (Å²) in [6.45, 7) is -0.422. The van der Waals surface area contributed by atoms with Gasteiger partial charge in [0.25, 0.3) is 0 Å². The van der Waals surface area contributed by atoms with Gasteiger partial charge in [-0.2, -0.15) is 18.4 Å². The smallest absolute Gasteiger partial charge is 0.298 e. The zero-order valence-electron chi connectivity index (χ0n) is 14.1. The first kappa shape index (κ1) is 21.5. The Hall–Kier alpha value is -2.84. The summed E-state index contributed by atoms with van der Waals surface area (Å²) < 4.78 is 77.3. The monoisotopic (exact) mass is 415 g/mol. The number of carbonyl (C=O) groups excluding carboxylic acids is 1. The van der Waals surface area contributed by atoms with Crippen molar-refractivity contribution in [1.82, 2.24) is 9.71 Å². The number of rotatable bonds is 7. The molecule has 0 aliphatic heterocycles. The third kappa shape index (κ3) is 5.11. The highest BCUT2D eigenvalue weighted by Crippen LogP contribution is 2.29. The van der Waals surface area contributed by atoms with E-state index in [4.69, 9.17) is 5.26 Å². The van der Waals surface area contributed by atoms with Crippen LogP contribution in [0, 0.1) is 17.1 Å². The van der Waals surface area contributed by atoms with E-state index in [1.165, 1.54) is 12.1 Å². The molecule has 1 aromatic heterocycles. The fourth-order valence-corrected chi connectivity index (χ4v) is 3.35. The molecular formula is C17H13F4N3O3S. The molecule has 0 radical (unpaired) electrons.